The summed E-state index contributed by atoms with van der Waals surface area (Å²) in [5.41, 5.74) is 1.54. The number of aromatic amines is 1. The number of halogens is 3. The van der Waals surface area contributed by atoms with Crippen molar-refractivity contribution >= 4 is 29.5 Å². The van der Waals surface area contributed by atoms with E-state index in [1.807, 2.05) is 0 Å². The maximum atomic E-state index is 14.5. The topological polar surface area (TPSA) is 69.8 Å². The molecule has 0 fully saturated rings. The van der Waals surface area contributed by atoms with E-state index in [9.17, 15) is 13.6 Å². The van der Waals surface area contributed by atoms with Gasteiger partial charge in [0.2, 0.25) is 0 Å². The molecule has 2 aromatic carbocycles. The van der Waals surface area contributed by atoms with Crippen molar-refractivity contribution in [3.05, 3.63) is 71.0 Å². The lowest BCUT2D eigenvalue weighted by atomic mass is 10.1. The van der Waals surface area contributed by atoms with Gasteiger partial charge < -0.3 is 4.98 Å². The van der Waals surface area contributed by atoms with E-state index in [2.05, 4.69) is 20.2 Å². The van der Waals surface area contributed by atoms with Gasteiger partial charge in [0, 0.05) is 22.3 Å². The zero-order chi connectivity index (χ0) is 17.8. The Balaban J connectivity index is 1.74. The van der Waals surface area contributed by atoms with E-state index in [-0.39, 0.29) is 11.4 Å². The Hall–Kier alpha value is -2.42. The van der Waals surface area contributed by atoms with Crippen LogP contribution in [0.2, 0.25) is 5.02 Å². The lowest BCUT2D eigenvalue weighted by Crippen LogP contribution is -2.33. The summed E-state index contributed by atoms with van der Waals surface area (Å²) in [4.78, 5) is 22.0. The molecule has 0 spiro atoms. The first-order chi connectivity index (χ1) is 12.1. The number of carbonyl (C=O) groups excluding carboxylic acids is 1. The second kappa shape index (κ2) is 7.64. The molecule has 0 radical (unpaired) electrons. The molecule has 25 heavy (non-hydrogen) atoms. The third-order valence-corrected chi connectivity index (χ3v) is 4.13. The van der Waals surface area contributed by atoms with Crippen LogP contribution >= 0.6 is 23.5 Å². The zero-order valence-electron chi connectivity index (χ0n) is 12.5. The standard InChI is InChI=1S/C16H11ClF2N4OS/c17-9-2-1-3-10(8-9)25-23-22-16(24)13-12(18)5-4-11(14(13)19)15-20-6-7-21-15/h1-8,23H,(H,20,21)(H,22,24). The van der Waals surface area contributed by atoms with Crippen LogP contribution in [0.4, 0.5) is 8.78 Å². The number of aromatic nitrogens is 2. The van der Waals surface area contributed by atoms with Gasteiger partial charge in [-0.25, -0.2) is 13.8 Å². The highest BCUT2D eigenvalue weighted by atomic mass is 35.5. The largest absolute Gasteiger partial charge is 0.345 e. The summed E-state index contributed by atoms with van der Waals surface area (Å²) in [5, 5.41) is 0.529. The number of H-pyrrole nitrogens is 1. The Morgan fingerprint density at radius 1 is 1.24 bits per heavy atom. The fourth-order valence-corrected chi connectivity index (χ4v) is 2.93. The highest BCUT2D eigenvalue weighted by Crippen LogP contribution is 2.24. The second-order valence-corrected chi connectivity index (χ2v) is 6.15. The number of benzene rings is 2. The first-order valence-corrected chi connectivity index (χ1v) is 8.21. The van der Waals surface area contributed by atoms with Crippen molar-refractivity contribution in [2.75, 3.05) is 0 Å². The fourth-order valence-electron chi connectivity index (χ4n) is 2.08. The van der Waals surface area contributed by atoms with Gasteiger partial charge in [-0.15, -0.1) is 0 Å². The molecule has 1 aromatic heterocycles. The minimum absolute atomic E-state index is 0.000885. The van der Waals surface area contributed by atoms with Crippen molar-refractivity contribution in [2.45, 2.75) is 4.90 Å². The van der Waals surface area contributed by atoms with Crippen molar-refractivity contribution in [2.24, 2.45) is 0 Å². The average Bonchev–Trinajstić information content (AvgIpc) is 3.09. The smallest absolute Gasteiger partial charge is 0.272 e. The van der Waals surface area contributed by atoms with Crippen LogP contribution in [-0.4, -0.2) is 15.9 Å². The van der Waals surface area contributed by atoms with Crippen molar-refractivity contribution < 1.29 is 13.6 Å². The maximum absolute atomic E-state index is 14.5. The van der Waals surface area contributed by atoms with E-state index in [0.717, 1.165) is 22.9 Å². The molecule has 5 nitrogen and oxygen atoms in total. The van der Waals surface area contributed by atoms with Crippen LogP contribution in [0, 0.1) is 11.6 Å². The molecule has 3 N–H and O–H groups in total. The van der Waals surface area contributed by atoms with E-state index in [4.69, 9.17) is 11.6 Å². The SMILES string of the molecule is O=C(NNSc1cccc(Cl)c1)c1c(F)ccc(-c2ncc[nH]2)c1F. The summed E-state index contributed by atoms with van der Waals surface area (Å²) in [6, 6.07) is 9.10. The Morgan fingerprint density at radius 2 is 2.08 bits per heavy atom. The van der Waals surface area contributed by atoms with Crippen molar-refractivity contribution in [1.82, 2.24) is 20.2 Å². The summed E-state index contributed by atoms with van der Waals surface area (Å²) in [6.45, 7) is 0. The molecule has 0 saturated carbocycles. The van der Waals surface area contributed by atoms with Gasteiger partial charge in [-0.05, 0) is 42.3 Å². The highest BCUT2D eigenvalue weighted by molar-refractivity contribution is 7.97. The van der Waals surface area contributed by atoms with Gasteiger partial charge in [0.1, 0.15) is 23.0 Å². The predicted molar refractivity (Wildman–Crippen MR) is 91.9 cm³/mol. The van der Waals surface area contributed by atoms with Crippen molar-refractivity contribution in [3.8, 4) is 11.4 Å². The second-order valence-electron chi connectivity index (χ2n) is 4.84. The average molecular weight is 381 g/mol. The summed E-state index contributed by atoms with van der Waals surface area (Å²) in [6.07, 6.45) is 2.93. The highest BCUT2D eigenvalue weighted by Gasteiger charge is 2.22. The van der Waals surface area contributed by atoms with E-state index in [0.29, 0.717) is 5.02 Å². The van der Waals surface area contributed by atoms with Gasteiger partial charge in [0.15, 0.2) is 0 Å². The van der Waals surface area contributed by atoms with Gasteiger partial charge in [-0.2, -0.15) is 4.83 Å². The van der Waals surface area contributed by atoms with Crippen LogP contribution < -0.4 is 10.3 Å². The summed E-state index contributed by atoms with van der Waals surface area (Å²) < 4.78 is 28.5. The zero-order valence-corrected chi connectivity index (χ0v) is 14.1. The monoisotopic (exact) mass is 380 g/mol. The van der Waals surface area contributed by atoms with Crippen LogP contribution in [0.15, 0.2) is 53.7 Å². The quantitative estimate of drug-likeness (QED) is 0.463. The van der Waals surface area contributed by atoms with Crippen molar-refractivity contribution in [1.29, 1.82) is 0 Å². The third-order valence-electron chi connectivity index (χ3n) is 3.20. The summed E-state index contributed by atoms with van der Waals surface area (Å²) >= 11 is 6.89. The predicted octanol–water partition coefficient (Wildman–Crippen LogP) is 3.95. The van der Waals surface area contributed by atoms with Crippen LogP contribution in [-0.2, 0) is 0 Å². The molecule has 3 rings (SSSR count). The minimum Gasteiger partial charge on any atom is -0.345 e. The van der Waals surface area contributed by atoms with E-state index < -0.39 is 23.1 Å². The van der Waals surface area contributed by atoms with Crippen LogP contribution in [0.3, 0.4) is 0 Å². The molecule has 1 amide bonds. The summed E-state index contributed by atoms with van der Waals surface area (Å²) in [7, 11) is 0. The first-order valence-electron chi connectivity index (χ1n) is 7.02. The van der Waals surface area contributed by atoms with Crippen molar-refractivity contribution in [3.63, 3.8) is 0 Å². The van der Waals surface area contributed by atoms with Crippen LogP contribution in [0.5, 0.6) is 0 Å². The minimum atomic E-state index is -0.998. The molecule has 3 aromatic rings. The Bertz CT molecular complexity index is 905. The van der Waals surface area contributed by atoms with Crippen LogP contribution in [0.25, 0.3) is 11.4 Å². The first kappa shape index (κ1) is 17.4. The molecule has 0 aliphatic rings. The molecule has 0 saturated heterocycles. The maximum Gasteiger partial charge on any atom is 0.272 e. The van der Waals surface area contributed by atoms with Crippen LogP contribution in [0.1, 0.15) is 10.4 Å². The van der Waals surface area contributed by atoms with Gasteiger partial charge in [-0.1, -0.05) is 17.7 Å². The lowest BCUT2D eigenvalue weighted by Gasteiger charge is -2.10. The number of imidazole rings is 1. The molecular weight excluding hydrogens is 370 g/mol. The van der Waals surface area contributed by atoms with E-state index in [1.54, 1.807) is 24.3 Å². The Labute approximate surface area is 150 Å². The molecule has 0 atom stereocenters. The molecular formula is C16H11ClF2N4OS. The van der Waals surface area contributed by atoms with E-state index >= 15 is 0 Å². The molecule has 0 unspecified atom stereocenters. The van der Waals surface area contributed by atoms with Gasteiger partial charge in [0.05, 0.1) is 5.56 Å². The molecule has 1 heterocycles. The lowest BCUT2D eigenvalue weighted by molar-refractivity contribution is 0.0938. The fraction of sp³-hybridized carbons (Fsp3) is 0. The summed E-state index contributed by atoms with van der Waals surface area (Å²) in [5.74, 6) is -2.72. The van der Waals surface area contributed by atoms with Gasteiger partial charge >= 0.3 is 0 Å². The van der Waals surface area contributed by atoms with Gasteiger partial charge in [0.25, 0.3) is 5.91 Å². The number of hydrazine groups is 1. The molecule has 128 valence electrons. The number of amides is 1. The molecule has 9 heteroatoms. The Kier molecular flexibility index (Phi) is 5.32. The normalized spacial score (nSPS) is 10.7. The number of hydrogen-bond acceptors (Lipinski definition) is 4. The number of nitrogens with zero attached hydrogens (tertiary/aromatic N) is 1. The van der Waals surface area contributed by atoms with E-state index in [1.165, 1.54) is 18.5 Å². The molecule has 0 aliphatic heterocycles. The number of carbonyl (C=O) groups is 1. The number of rotatable bonds is 5. The third kappa shape index (κ3) is 3.98. The van der Waals surface area contributed by atoms with Gasteiger partial charge in [-0.3, -0.25) is 10.2 Å². The number of nitrogens with one attached hydrogen (secondary N) is 3. The molecule has 0 bridgehead atoms. The Morgan fingerprint density at radius 3 is 2.80 bits per heavy atom. The number of hydrogen-bond donors (Lipinski definition) is 3. The molecule has 0 aliphatic carbocycles.